The van der Waals surface area contributed by atoms with Crippen LogP contribution in [0.15, 0.2) is 46.9 Å². The van der Waals surface area contributed by atoms with E-state index < -0.39 is 6.04 Å². The SMILES string of the molecule is CC(C(=O)NC1CCCCC1)N(Cc1ccc(Cl)cc1)C(=O)COc1ccc(Cl)cc1Br. The molecule has 0 aromatic heterocycles. The molecule has 0 aliphatic heterocycles. The Morgan fingerprint density at radius 3 is 2.41 bits per heavy atom. The molecule has 172 valence electrons. The number of amides is 2. The van der Waals surface area contributed by atoms with Crippen LogP contribution in [0.25, 0.3) is 0 Å². The molecule has 5 nitrogen and oxygen atoms in total. The molecule has 1 atom stereocenters. The Hall–Kier alpha value is -1.76. The summed E-state index contributed by atoms with van der Waals surface area (Å²) in [5.41, 5.74) is 0.882. The largest absolute Gasteiger partial charge is 0.483 e. The van der Waals surface area contributed by atoms with Gasteiger partial charge in [-0.05, 0) is 71.6 Å². The van der Waals surface area contributed by atoms with E-state index in [0.29, 0.717) is 20.3 Å². The Morgan fingerprint density at radius 2 is 1.75 bits per heavy atom. The van der Waals surface area contributed by atoms with Crippen LogP contribution in [-0.4, -0.2) is 35.4 Å². The van der Waals surface area contributed by atoms with Crippen molar-refractivity contribution in [3.63, 3.8) is 0 Å². The smallest absolute Gasteiger partial charge is 0.261 e. The number of ether oxygens (including phenoxy) is 1. The molecule has 1 fully saturated rings. The summed E-state index contributed by atoms with van der Waals surface area (Å²) in [4.78, 5) is 27.7. The second-order valence-corrected chi connectivity index (χ2v) is 9.76. The van der Waals surface area contributed by atoms with Crippen molar-refractivity contribution in [3.8, 4) is 5.75 Å². The van der Waals surface area contributed by atoms with Gasteiger partial charge in [-0.1, -0.05) is 54.6 Å². The van der Waals surface area contributed by atoms with E-state index in [9.17, 15) is 9.59 Å². The maximum atomic E-state index is 13.2. The van der Waals surface area contributed by atoms with Crippen molar-refractivity contribution in [3.05, 3.63) is 62.5 Å². The van der Waals surface area contributed by atoms with Crippen molar-refractivity contribution in [1.29, 1.82) is 0 Å². The highest BCUT2D eigenvalue weighted by atomic mass is 79.9. The highest BCUT2D eigenvalue weighted by Crippen LogP contribution is 2.28. The van der Waals surface area contributed by atoms with E-state index in [1.807, 2.05) is 12.1 Å². The molecule has 1 saturated carbocycles. The summed E-state index contributed by atoms with van der Waals surface area (Å²) < 4.78 is 6.38. The monoisotopic (exact) mass is 540 g/mol. The van der Waals surface area contributed by atoms with Crippen LogP contribution < -0.4 is 10.1 Å². The van der Waals surface area contributed by atoms with Gasteiger partial charge in [-0.2, -0.15) is 0 Å². The Labute approximate surface area is 207 Å². The minimum absolute atomic E-state index is 0.146. The quantitative estimate of drug-likeness (QED) is 0.445. The average molecular weight is 542 g/mol. The molecular weight excluding hydrogens is 515 g/mol. The molecule has 1 N–H and O–H groups in total. The van der Waals surface area contributed by atoms with Gasteiger partial charge in [0.2, 0.25) is 5.91 Å². The second kappa shape index (κ2) is 11.9. The zero-order valence-electron chi connectivity index (χ0n) is 18.0. The number of carbonyl (C=O) groups is 2. The number of rotatable bonds is 8. The first-order chi connectivity index (χ1) is 15.3. The van der Waals surface area contributed by atoms with Crippen LogP contribution in [0.4, 0.5) is 0 Å². The molecule has 1 aliphatic carbocycles. The summed E-state index contributed by atoms with van der Waals surface area (Å²) in [6.07, 6.45) is 5.42. The van der Waals surface area contributed by atoms with Crippen molar-refractivity contribution in [2.24, 2.45) is 0 Å². The zero-order chi connectivity index (χ0) is 23.1. The number of nitrogens with one attached hydrogen (secondary N) is 1. The lowest BCUT2D eigenvalue weighted by Crippen LogP contribution is -2.51. The summed E-state index contributed by atoms with van der Waals surface area (Å²) in [6.45, 7) is 1.83. The number of hydrogen-bond donors (Lipinski definition) is 1. The molecule has 2 aromatic carbocycles. The summed E-state index contributed by atoms with van der Waals surface area (Å²) >= 11 is 15.4. The zero-order valence-corrected chi connectivity index (χ0v) is 21.0. The van der Waals surface area contributed by atoms with Crippen molar-refractivity contribution in [1.82, 2.24) is 10.2 Å². The molecular formula is C24H27BrCl2N2O3. The molecule has 0 bridgehead atoms. The maximum Gasteiger partial charge on any atom is 0.261 e. The van der Waals surface area contributed by atoms with Crippen LogP contribution in [0.1, 0.15) is 44.6 Å². The van der Waals surface area contributed by atoms with Gasteiger partial charge in [0.05, 0.1) is 4.47 Å². The van der Waals surface area contributed by atoms with E-state index in [1.54, 1.807) is 42.2 Å². The third-order valence-corrected chi connectivity index (χ3v) is 6.74. The number of hydrogen-bond acceptors (Lipinski definition) is 3. The molecule has 3 rings (SSSR count). The van der Waals surface area contributed by atoms with Crippen molar-refractivity contribution >= 4 is 50.9 Å². The Kier molecular flexibility index (Phi) is 9.26. The normalized spacial score (nSPS) is 15.1. The third-order valence-electron chi connectivity index (χ3n) is 5.63. The van der Waals surface area contributed by atoms with Crippen molar-refractivity contribution < 1.29 is 14.3 Å². The van der Waals surface area contributed by atoms with Gasteiger partial charge in [-0.25, -0.2) is 0 Å². The van der Waals surface area contributed by atoms with Crippen LogP contribution in [0.5, 0.6) is 5.75 Å². The van der Waals surface area contributed by atoms with Gasteiger partial charge < -0.3 is 15.0 Å². The summed E-state index contributed by atoms with van der Waals surface area (Å²) in [5, 5.41) is 4.30. The number of carbonyl (C=O) groups excluding carboxylic acids is 2. The number of halogens is 3. The minimum Gasteiger partial charge on any atom is -0.483 e. The standard InChI is InChI=1S/C24H27BrCl2N2O3/c1-16(24(31)28-20-5-3-2-4-6-20)29(14-17-7-9-18(26)10-8-17)23(30)15-32-22-12-11-19(27)13-21(22)25/h7-13,16,20H,2-6,14-15H2,1H3,(H,28,31). The van der Waals surface area contributed by atoms with Gasteiger partial charge in [0, 0.05) is 22.6 Å². The minimum atomic E-state index is -0.641. The van der Waals surface area contributed by atoms with E-state index >= 15 is 0 Å². The first-order valence-electron chi connectivity index (χ1n) is 10.8. The fourth-order valence-corrected chi connectivity index (χ4v) is 4.68. The van der Waals surface area contributed by atoms with Gasteiger partial charge in [0.25, 0.3) is 5.91 Å². The van der Waals surface area contributed by atoms with Gasteiger partial charge in [-0.3, -0.25) is 9.59 Å². The van der Waals surface area contributed by atoms with E-state index in [4.69, 9.17) is 27.9 Å². The van der Waals surface area contributed by atoms with E-state index in [0.717, 1.165) is 31.2 Å². The Morgan fingerprint density at radius 1 is 1.09 bits per heavy atom. The number of benzene rings is 2. The van der Waals surface area contributed by atoms with Gasteiger partial charge in [0.15, 0.2) is 6.61 Å². The van der Waals surface area contributed by atoms with Gasteiger partial charge in [0.1, 0.15) is 11.8 Å². The first-order valence-corrected chi connectivity index (χ1v) is 12.3. The number of nitrogens with zero attached hydrogens (tertiary/aromatic N) is 1. The molecule has 0 spiro atoms. The topological polar surface area (TPSA) is 58.6 Å². The van der Waals surface area contributed by atoms with E-state index in [-0.39, 0.29) is 31.0 Å². The molecule has 8 heteroatoms. The highest BCUT2D eigenvalue weighted by molar-refractivity contribution is 9.10. The summed E-state index contributed by atoms with van der Waals surface area (Å²) in [7, 11) is 0. The molecule has 1 unspecified atom stereocenters. The van der Waals surface area contributed by atoms with Crippen LogP contribution in [-0.2, 0) is 16.1 Å². The van der Waals surface area contributed by atoms with E-state index in [1.165, 1.54) is 6.42 Å². The third kappa shape index (κ3) is 7.12. The van der Waals surface area contributed by atoms with E-state index in [2.05, 4.69) is 21.2 Å². The molecule has 0 radical (unpaired) electrons. The first kappa shape index (κ1) is 24.9. The molecule has 32 heavy (non-hydrogen) atoms. The second-order valence-electron chi connectivity index (χ2n) is 8.03. The predicted molar refractivity (Wildman–Crippen MR) is 131 cm³/mol. The predicted octanol–water partition coefficient (Wildman–Crippen LogP) is 6.00. The Balaban J connectivity index is 1.71. The maximum absolute atomic E-state index is 13.2. The van der Waals surface area contributed by atoms with Gasteiger partial charge >= 0.3 is 0 Å². The van der Waals surface area contributed by atoms with Crippen LogP contribution in [0.3, 0.4) is 0 Å². The van der Waals surface area contributed by atoms with Crippen LogP contribution in [0, 0.1) is 0 Å². The molecule has 1 aliphatic rings. The van der Waals surface area contributed by atoms with Crippen molar-refractivity contribution in [2.45, 2.75) is 57.7 Å². The average Bonchev–Trinajstić information content (AvgIpc) is 2.78. The fraction of sp³-hybridized carbons (Fsp3) is 0.417. The summed E-state index contributed by atoms with van der Waals surface area (Å²) in [6, 6.07) is 11.9. The lowest BCUT2D eigenvalue weighted by atomic mass is 9.95. The lowest BCUT2D eigenvalue weighted by molar-refractivity contribution is -0.142. The summed E-state index contributed by atoms with van der Waals surface area (Å²) in [5.74, 6) is 0.0773. The molecule has 0 heterocycles. The Bertz CT molecular complexity index is 933. The molecule has 0 saturated heterocycles. The highest BCUT2D eigenvalue weighted by Gasteiger charge is 2.28. The van der Waals surface area contributed by atoms with Crippen LogP contribution >= 0.6 is 39.1 Å². The molecule has 2 aromatic rings. The van der Waals surface area contributed by atoms with Gasteiger partial charge in [-0.15, -0.1) is 0 Å². The van der Waals surface area contributed by atoms with Crippen molar-refractivity contribution in [2.75, 3.05) is 6.61 Å². The van der Waals surface area contributed by atoms with Crippen LogP contribution in [0.2, 0.25) is 10.0 Å². The lowest BCUT2D eigenvalue weighted by Gasteiger charge is -2.31. The molecule has 2 amide bonds. The fourth-order valence-electron chi connectivity index (χ4n) is 3.75.